The first-order valence-corrected chi connectivity index (χ1v) is 10.6. The van der Waals surface area contributed by atoms with Crippen molar-refractivity contribution in [1.29, 1.82) is 0 Å². The predicted molar refractivity (Wildman–Crippen MR) is 109 cm³/mol. The summed E-state index contributed by atoms with van der Waals surface area (Å²) in [6.45, 7) is 2.18. The molecule has 1 aliphatic heterocycles. The minimum Gasteiger partial charge on any atom is -0.494 e. The van der Waals surface area contributed by atoms with Crippen LogP contribution >= 0.6 is 0 Å². The van der Waals surface area contributed by atoms with E-state index in [1.165, 1.54) is 29.6 Å². The van der Waals surface area contributed by atoms with Crippen LogP contribution < -0.4 is 14.4 Å². The van der Waals surface area contributed by atoms with Gasteiger partial charge in [0.2, 0.25) is 10.0 Å². The van der Waals surface area contributed by atoms with Gasteiger partial charge in [-0.1, -0.05) is 0 Å². The Bertz CT molecular complexity index is 1070. The third kappa shape index (κ3) is 4.32. The topological polar surface area (TPSA) is 119 Å². The Morgan fingerprint density at radius 1 is 1.21 bits per heavy atom. The minimum absolute atomic E-state index is 0.120. The van der Waals surface area contributed by atoms with Crippen molar-refractivity contribution in [2.24, 2.45) is 0 Å². The molecule has 2 aromatic rings. The fourth-order valence-electron chi connectivity index (χ4n) is 3.23. The Morgan fingerprint density at radius 2 is 1.97 bits per heavy atom. The van der Waals surface area contributed by atoms with Crippen LogP contribution in [0.4, 0.5) is 17.1 Å². The smallest absolute Gasteiger partial charge is 0.273 e. The number of benzene rings is 2. The summed E-state index contributed by atoms with van der Waals surface area (Å²) in [4.78, 5) is 23.0. The number of nitrogens with zero attached hydrogens (tertiary/aromatic N) is 2. The maximum atomic E-state index is 12.6. The molecule has 154 valence electrons. The summed E-state index contributed by atoms with van der Waals surface area (Å²) in [5.41, 5.74) is 1.71. The fraction of sp³-hybridized carbons (Fsp3) is 0.316. The number of carbonyl (C=O) groups is 1. The molecule has 0 aromatic heterocycles. The van der Waals surface area contributed by atoms with Gasteiger partial charge in [-0.05, 0) is 49.6 Å². The molecule has 0 unspecified atom stereocenters. The van der Waals surface area contributed by atoms with Crippen molar-refractivity contribution in [3.05, 3.63) is 57.6 Å². The van der Waals surface area contributed by atoms with Crippen LogP contribution in [0.1, 0.15) is 28.8 Å². The van der Waals surface area contributed by atoms with Gasteiger partial charge in [0.1, 0.15) is 5.75 Å². The highest BCUT2D eigenvalue weighted by Gasteiger charge is 2.27. The SMILES string of the molecule is COc1cc([N+](=O)[O-])ccc1NC(=O)c1ccc(N2CCCCS2(=O)=O)c(C)c1. The summed E-state index contributed by atoms with van der Waals surface area (Å²) in [6, 6.07) is 8.70. The molecule has 0 bridgehead atoms. The van der Waals surface area contributed by atoms with Crippen LogP contribution in [-0.2, 0) is 10.0 Å². The van der Waals surface area contributed by atoms with E-state index in [1.54, 1.807) is 25.1 Å². The van der Waals surface area contributed by atoms with Crippen molar-refractivity contribution in [3.8, 4) is 5.75 Å². The first-order valence-electron chi connectivity index (χ1n) is 8.98. The number of hydrogen-bond acceptors (Lipinski definition) is 6. The molecule has 1 heterocycles. The number of hydrogen-bond donors (Lipinski definition) is 1. The molecule has 0 aliphatic carbocycles. The van der Waals surface area contributed by atoms with Crippen molar-refractivity contribution < 1.29 is 22.9 Å². The van der Waals surface area contributed by atoms with Gasteiger partial charge in [0.15, 0.2) is 0 Å². The average Bonchev–Trinajstić information content (AvgIpc) is 2.68. The molecule has 3 rings (SSSR count). The first-order chi connectivity index (χ1) is 13.7. The van der Waals surface area contributed by atoms with Crippen LogP contribution in [0, 0.1) is 17.0 Å². The van der Waals surface area contributed by atoms with E-state index >= 15 is 0 Å². The molecule has 0 spiro atoms. The molecule has 29 heavy (non-hydrogen) atoms. The van der Waals surface area contributed by atoms with Gasteiger partial charge in [-0.3, -0.25) is 19.2 Å². The fourth-order valence-corrected chi connectivity index (χ4v) is 4.93. The van der Waals surface area contributed by atoms with Gasteiger partial charge in [0.25, 0.3) is 11.6 Å². The molecule has 2 aromatic carbocycles. The molecule has 1 amide bonds. The molecule has 1 saturated heterocycles. The average molecular weight is 419 g/mol. The number of nitro groups is 1. The maximum absolute atomic E-state index is 12.6. The van der Waals surface area contributed by atoms with E-state index in [0.717, 1.165) is 6.42 Å². The van der Waals surface area contributed by atoms with E-state index in [-0.39, 0.29) is 17.2 Å². The van der Waals surface area contributed by atoms with Crippen LogP contribution in [0.2, 0.25) is 0 Å². The number of nitro benzene ring substituents is 1. The number of anilines is 2. The standard InChI is InChI=1S/C19H21N3O6S/c1-13-11-14(5-8-17(13)21-9-3-4-10-29(21,26)27)19(23)20-16-7-6-15(22(24)25)12-18(16)28-2/h5-8,11-12H,3-4,9-10H2,1-2H3,(H,20,23). The van der Waals surface area contributed by atoms with Crippen LogP contribution in [0.3, 0.4) is 0 Å². The van der Waals surface area contributed by atoms with Crippen LogP contribution in [0.25, 0.3) is 0 Å². The lowest BCUT2D eigenvalue weighted by Gasteiger charge is -2.29. The Hall–Kier alpha value is -3.14. The van der Waals surface area contributed by atoms with Crippen molar-refractivity contribution >= 4 is 33.0 Å². The lowest BCUT2D eigenvalue weighted by molar-refractivity contribution is -0.384. The highest BCUT2D eigenvalue weighted by Crippen LogP contribution is 2.31. The number of nitrogens with one attached hydrogen (secondary N) is 1. The number of amides is 1. The van der Waals surface area contributed by atoms with Gasteiger partial charge in [-0.25, -0.2) is 8.42 Å². The molecule has 1 aliphatic rings. The van der Waals surface area contributed by atoms with E-state index < -0.39 is 20.9 Å². The summed E-state index contributed by atoms with van der Waals surface area (Å²) in [5, 5.41) is 13.6. The highest BCUT2D eigenvalue weighted by atomic mass is 32.2. The number of aryl methyl sites for hydroxylation is 1. The molecule has 10 heteroatoms. The maximum Gasteiger partial charge on any atom is 0.273 e. The van der Waals surface area contributed by atoms with E-state index in [9.17, 15) is 23.3 Å². The molecule has 1 N–H and O–H groups in total. The first kappa shape index (κ1) is 20.6. The van der Waals surface area contributed by atoms with Crippen molar-refractivity contribution in [2.45, 2.75) is 19.8 Å². The monoisotopic (exact) mass is 419 g/mol. The van der Waals surface area contributed by atoms with Gasteiger partial charge >= 0.3 is 0 Å². The van der Waals surface area contributed by atoms with E-state index in [4.69, 9.17) is 4.74 Å². The van der Waals surface area contributed by atoms with Crippen LogP contribution in [0.5, 0.6) is 5.75 Å². The summed E-state index contributed by atoms with van der Waals surface area (Å²) < 4.78 is 31.2. The Kier molecular flexibility index (Phi) is 5.73. The van der Waals surface area contributed by atoms with Gasteiger partial charge in [-0.15, -0.1) is 0 Å². The molecule has 0 atom stereocenters. The van der Waals surface area contributed by atoms with E-state index in [2.05, 4.69) is 5.32 Å². The van der Waals surface area contributed by atoms with Gasteiger partial charge in [0.05, 0.1) is 35.2 Å². The summed E-state index contributed by atoms with van der Waals surface area (Å²) >= 11 is 0. The van der Waals surface area contributed by atoms with Crippen molar-refractivity contribution in [2.75, 3.05) is 29.0 Å². The zero-order chi connectivity index (χ0) is 21.2. The van der Waals surface area contributed by atoms with E-state index in [1.807, 2.05) is 0 Å². The summed E-state index contributed by atoms with van der Waals surface area (Å²) in [7, 11) is -1.99. The second kappa shape index (κ2) is 8.08. The molecular formula is C19H21N3O6S. The Labute approximate surface area is 168 Å². The van der Waals surface area contributed by atoms with Crippen molar-refractivity contribution in [1.82, 2.24) is 0 Å². The second-order valence-corrected chi connectivity index (χ2v) is 8.71. The molecule has 0 radical (unpaired) electrons. The lowest BCUT2D eigenvalue weighted by atomic mass is 10.1. The van der Waals surface area contributed by atoms with Gasteiger partial charge in [0, 0.05) is 18.2 Å². The predicted octanol–water partition coefficient (Wildman–Crippen LogP) is 3.09. The Balaban J connectivity index is 1.84. The molecule has 9 nitrogen and oxygen atoms in total. The zero-order valence-corrected chi connectivity index (χ0v) is 16.9. The highest BCUT2D eigenvalue weighted by molar-refractivity contribution is 7.92. The molecular weight excluding hydrogens is 398 g/mol. The van der Waals surface area contributed by atoms with Crippen LogP contribution in [0.15, 0.2) is 36.4 Å². The molecule has 1 fully saturated rings. The lowest BCUT2D eigenvalue weighted by Crippen LogP contribution is -2.38. The summed E-state index contributed by atoms with van der Waals surface area (Å²) in [5.74, 6) is -0.150. The third-order valence-electron chi connectivity index (χ3n) is 4.72. The van der Waals surface area contributed by atoms with Gasteiger partial charge < -0.3 is 10.1 Å². The number of non-ortho nitro benzene ring substituents is 1. The van der Waals surface area contributed by atoms with E-state index in [0.29, 0.717) is 35.5 Å². The van der Waals surface area contributed by atoms with Crippen LogP contribution in [-0.4, -0.2) is 38.7 Å². The minimum atomic E-state index is -3.34. The molecule has 0 saturated carbocycles. The normalized spacial score (nSPS) is 15.6. The summed E-state index contributed by atoms with van der Waals surface area (Å²) in [6.07, 6.45) is 1.44. The third-order valence-corrected chi connectivity index (χ3v) is 6.58. The number of ether oxygens (including phenoxy) is 1. The van der Waals surface area contributed by atoms with Crippen molar-refractivity contribution in [3.63, 3.8) is 0 Å². The quantitative estimate of drug-likeness (QED) is 0.588. The zero-order valence-electron chi connectivity index (χ0n) is 16.0. The number of methoxy groups -OCH3 is 1. The number of carbonyl (C=O) groups excluding carboxylic acids is 1. The number of sulfonamides is 1. The second-order valence-electron chi connectivity index (χ2n) is 6.69. The van der Waals surface area contributed by atoms with Gasteiger partial charge in [-0.2, -0.15) is 0 Å². The number of rotatable bonds is 5. The Morgan fingerprint density at radius 3 is 2.59 bits per heavy atom. The largest absolute Gasteiger partial charge is 0.494 e.